The van der Waals surface area contributed by atoms with Crippen LogP contribution in [0.1, 0.15) is 10.4 Å². The summed E-state index contributed by atoms with van der Waals surface area (Å²) >= 11 is 4.84. The van der Waals surface area contributed by atoms with E-state index in [1.165, 1.54) is 11.3 Å². The van der Waals surface area contributed by atoms with E-state index in [0.29, 0.717) is 10.7 Å². The molecule has 2 aromatic carbocycles. The standard InChI is InChI=1S/C14H9BrN2OS/c15-12-4-3-9-7-11(2-1-10(9)8-12)13(18)17-14-16-5-6-19-14/h1-8H,(H,16,17,18). The highest BCUT2D eigenvalue weighted by atomic mass is 79.9. The predicted molar refractivity (Wildman–Crippen MR) is 81.7 cm³/mol. The van der Waals surface area contributed by atoms with Crippen molar-refractivity contribution in [1.82, 2.24) is 4.98 Å². The molecule has 0 saturated carbocycles. The Balaban J connectivity index is 1.92. The van der Waals surface area contributed by atoms with Crippen molar-refractivity contribution in [3.05, 3.63) is 58.0 Å². The Hall–Kier alpha value is -1.72. The molecule has 3 aromatic rings. The van der Waals surface area contributed by atoms with Crippen LogP contribution in [0.5, 0.6) is 0 Å². The molecule has 0 atom stereocenters. The van der Waals surface area contributed by atoms with E-state index >= 15 is 0 Å². The number of anilines is 1. The molecule has 1 heterocycles. The number of hydrogen-bond acceptors (Lipinski definition) is 3. The third-order valence-corrected chi connectivity index (χ3v) is 3.90. The van der Waals surface area contributed by atoms with Crippen LogP contribution in [-0.2, 0) is 0 Å². The highest BCUT2D eigenvalue weighted by Gasteiger charge is 2.08. The van der Waals surface area contributed by atoms with Gasteiger partial charge in [-0.05, 0) is 35.0 Å². The second-order valence-electron chi connectivity index (χ2n) is 4.00. The van der Waals surface area contributed by atoms with Crippen LogP contribution in [0.4, 0.5) is 5.13 Å². The van der Waals surface area contributed by atoms with Crippen molar-refractivity contribution in [2.24, 2.45) is 0 Å². The number of nitrogens with one attached hydrogen (secondary N) is 1. The number of aromatic nitrogens is 1. The summed E-state index contributed by atoms with van der Waals surface area (Å²) in [7, 11) is 0. The van der Waals surface area contributed by atoms with Gasteiger partial charge in [-0.2, -0.15) is 0 Å². The number of hydrogen-bond donors (Lipinski definition) is 1. The average molecular weight is 333 g/mol. The molecular weight excluding hydrogens is 324 g/mol. The van der Waals surface area contributed by atoms with Gasteiger partial charge in [-0.15, -0.1) is 11.3 Å². The molecule has 0 unspecified atom stereocenters. The Morgan fingerprint density at radius 2 is 1.95 bits per heavy atom. The molecule has 0 saturated heterocycles. The van der Waals surface area contributed by atoms with Crippen molar-refractivity contribution in [2.75, 3.05) is 5.32 Å². The summed E-state index contributed by atoms with van der Waals surface area (Å²) in [4.78, 5) is 16.1. The number of carbonyl (C=O) groups excluding carboxylic acids is 1. The molecule has 0 aliphatic rings. The van der Waals surface area contributed by atoms with Crippen molar-refractivity contribution in [3.63, 3.8) is 0 Å². The minimum atomic E-state index is -0.139. The summed E-state index contributed by atoms with van der Waals surface area (Å²) < 4.78 is 1.03. The monoisotopic (exact) mass is 332 g/mol. The van der Waals surface area contributed by atoms with E-state index < -0.39 is 0 Å². The fourth-order valence-electron chi connectivity index (χ4n) is 1.81. The molecule has 0 spiro atoms. The Kier molecular flexibility index (Phi) is 3.31. The summed E-state index contributed by atoms with van der Waals surface area (Å²) in [6, 6.07) is 11.6. The summed E-state index contributed by atoms with van der Waals surface area (Å²) in [5.41, 5.74) is 0.630. The van der Waals surface area contributed by atoms with E-state index in [4.69, 9.17) is 0 Å². The molecular formula is C14H9BrN2OS. The minimum absolute atomic E-state index is 0.139. The maximum Gasteiger partial charge on any atom is 0.257 e. The number of carbonyl (C=O) groups is 1. The van der Waals surface area contributed by atoms with Crippen molar-refractivity contribution < 1.29 is 4.79 Å². The van der Waals surface area contributed by atoms with Crippen LogP contribution in [0.2, 0.25) is 0 Å². The van der Waals surface area contributed by atoms with Crippen molar-refractivity contribution in [1.29, 1.82) is 0 Å². The van der Waals surface area contributed by atoms with E-state index in [2.05, 4.69) is 26.2 Å². The Labute approximate surface area is 122 Å². The number of fused-ring (bicyclic) bond motifs is 1. The molecule has 0 bridgehead atoms. The van der Waals surface area contributed by atoms with Gasteiger partial charge in [0.2, 0.25) is 0 Å². The lowest BCUT2D eigenvalue weighted by molar-refractivity contribution is 0.102. The topological polar surface area (TPSA) is 42.0 Å². The maximum atomic E-state index is 12.1. The Morgan fingerprint density at radius 1 is 1.16 bits per heavy atom. The highest BCUT2D eigenvalue weighted by molar-refractivity contribution is 9.10. The van der Waals surface area contributed by atoms with Gasteiger partial charge in [-0.1, -0.05) is 28.1 Å². The van der Waals surface area contributed by atoms with Gasteiger partial charge >= 0.3 is 0 Å². The lowest BCUT2D eigenvalue weighted by atomic mass is 10.1. The van der Waals surface area contributed by atoms with Gasteiger partial charge in [0.05, 0.1) is 0 Å². The van der Waals surface area contributed by atoms with E-state index in [0.717, 1.165) is 15.2 Å². The first-order chi connectivity index (χ1) is 9.22. The van der Waals surface area contributed by atoms with E-state index in [-0.39, 0.29) is 5.91 Å². The molecule has 3 rings (SSSR count). The van der Waals surface area contributed by atoms with Crippen molar-refractivity contribution in [2.45, 2.75) is 0 Å². The summed E-state index contributed by atoms with van der Waals surface area (Å²) in [5.74, 6) is -0.139. The largest absolute Gasteiger partial charge is 0.298 e. The van der Waals surface area contributed by atoms with Gasteiger partial charge in [0.25, 0.3) is 5.91 Å². The number of halogens is 1. The molecule has 0 aliphatic heterocycles. The number of nitrogens with zero attached hydrogens (tertiary/aromatic N) is 1. The van der Waals surface area contributed by atoms with Crippen LogP contribution < -0.4 is 5.32 Å². The highest BCUT2D eigenvalue weighted by Crippen LogP contribution is 2.21. The number of thiazole rings is 1. The molecule has 94 valence electrons. The predicted octanol–water partition coefficient (Wildman–Crippen LogP) is 4.31. The average Bonchev–Trinajstić information content (AvgIpc) is 2.91. The first-order valence-corrected chi connectivity index (χ1v) is 7.30. The first-order valence-electron chi connectivity index (χ1n) is 5.62. The van der Waals surface area contributed by atoms with Crippen LogP contribution in [-0.4, -0.2) is 10.9 Å². The molecule has 0 radical (unpaired) electrons. The van der Waals surface area contributed by atoms with Gasteiger partial charge in [0, 0.05) is 21.6 Å². The zero-order valence-electron chi connectivity index (χ0n) is 9.76. The molecule has 1 amide bonds. The molecule has 0 aliphatic carbocycles. The number of rotatable bonds is 2. The van der Waals surface area contributed by atoms with Gasteiger partial charge in [0.1, 0.15) is 0 Å². The molecule has 0 fully saturated rings. The lowest BCUT2D eigenvalue weighted by Crippen LogP contribution is -2.11. The lowest BCUT2D eigenvalue weighted by Gasteiger charge is -2.04. The SMILES string of the molecule is O=C(Nc1nccs1)c1ccc2cc(Br)ccc2c1. The molecule has 5 heteroatoms. The number of benzene rings is 2. The van der Waals surface area contributed by atoms with E-state index in [1.807, 2.05) is 41.8 Å². The zero-order chi connectivity index (χ0) is 13.2. The maximum absolute atomic E-state index is 12.1. The van der Waals surface area contributed by atoms with Crippen LogP contribution in [0.3, 0.4) is 0 Å². The second-order valence-corrected chi connectivity index (χ2v) is 5.81. The van der Waals surface area contributed by atoms with Crippen LogP contribution in [0, 0.1) is 0 Å². The minimum Gasteiger partial charge on any atom is -0.298 e. The third-order valence-electron chi connectivity index (χ3n) is 2.72. The van der Waals surface area contributed by atoms with Gasteiger partial charge in [-0.3, -0.25) is 10.1 Å². The summed E-state index contributed by atoms with van der Waals surface area (Å²) in [6.45, 7) is 0. The van der Waals surface area contributed by atoms with Crippen LogP contribution in [0.25, 0.3) is 10.8 Å². The van der Waals surface area contributed by atoms with Crippen molar-refractivity contribution in [3.8, 4) is 0 Å². The van der Waals surface area contributed by atoms with E-state index in [9.17, 15) is 4.79 Å². The normalized spacial score (nSPS) is 10.6. The molecule has 1 aromatic heterocycles. The fourth-order valence-corrected chi connectivity index (χ4v) is 2.72. The number of amides is 1. The molecule has 19 heavy (non-hydrogen) atoms. The van der Waals surface area contributed by atoms with Crippen LogP contribution in [0.15, 0.2) is 52.4 Å². The Morgan fingerprint density at radius 3 is 2.74 bits per heavy atom. The summed E-state index contributed by atoms with van der Waals surface area (Å²) in [5, 5.41) is 7.35. The smallest absolute Gasteiger partial charge is 0.257 e. The third kappa shape index (κ3) is 2.67. The second kappa shape index (κ2) is 5.11. The zero-order valence-corrected chi connectivity index (χ0v) is 12.2. The first kappa shape index (κ1) is 12.3. The Bertz CT molecular complexity index is 740. The van der Waals surface area contributed by atoms with Gasteiger partial charge < -0.3 is 0 Å². The van der Waals surface area contributed by atoms with Gasteiger partial charge in [-0.25, -0.2) is 4.98 Å². The van der Waals surface area contributed by atoms with E-state index in [1.54, 1.807) is 6.20 Å². The quantitative estimate of drug-likeness (QED) is 0.759. The van der Waals surface area contributed by atoms with Gasteiger partial charge in [0.15, 0.2) is 5.13 Å². The van der Waals surface area contributed by atoms with Crippen LogP contribution >= 0.6 is 27.3 Å². The fraction of sp³-hybridized carbons (Fsp3) is 0. The molecule has 1 N–H and O–H groups in total. The molecule has 3 nitrogen and oxygen atoms in total. The summed E-state index contributed by atoms with van der Waals surface area (Å²) in [6.07, 6.45) is 1.66. The van der Waals surface area contributed by atoms with Crippen molar-refractivity contribution >= 4 is 49.1 Å².